The third kappa shape index (κ3) is 7.06. The zero-order chi connectivity index (χ0) is 48.1. The van der Waals surface area contributed by atoms with Crippen LogP contribution in [-0.4, -0.2) is 5.78 Å². The van der Waals surface area contributed by atoms with E-state index >= 15 is 0 Å². The predicted molar refractivity (Wildman–Crippen MR) is 297 cm³/mol. The fraction of sp³-hybridized carbons (Fsp3) is 0.0290. The van der Waals surface area contributed by atoms with Crippen molar-refractivity contribution < 1.29 is 4.79 Å². The Morgan fingerprint density at radius 3 is 1.25 bits per heavy atom. The number of fused-ring (bicyclic) bond motifs is 6. The fourth-order valence-corrected chi connectivity index (χ4v) is 14.7. The summed E-state index contributed by atoms with van der Waals surface area (Å²) in [6, 6.07) is 103. The van der Waals surface area contributed by atoms with E-state index in [9.17, 15) is 4.79 Å². The van der Waals surface area contributed by atoms with E-state index in [1.54, 1.807) is 11.8 Å². The molecule has 2 aliphatic rings. The molecule has 1 unspecified atom stereocenters. The number of carbonyl (C=O) groups excluding carboxylic acids is 1. The van der Waals surface area contributed by atoms with Crippen molar-refractivity contribution in [2.45, 2.75) is 35.3 Å². The topological polar surface area (TPSA) is 17.1 Å². The Morgan fingerprint density at radius 1 is 0.292 bits per heavy atom. The summed E-state index contributed by atoms with van der Waals surface area (Å²) in [7, 11) is -0.400. The predicted octanol–water partition coefficient (Wildman–Crippen LogP) is 16.9. The second-order valence-electron chi connectivity index (χ2n) is 18.6. The molecule has 0 fully saturated rings. The summed E-state index contributed by atoms with van der Waals surface area (Å²) in [5, 5.41) is 0. The van der Waals surface area contributed by atoms with Crippen LogP contribution in [0.25, 0.3) is 22.3 Å². The molecule has 11 aromatic carbocycles. The molecule has 0 N–H and O–H groups in total. The molecule has 0 radical (unpaired) electrons. The average Bonchev–Trinajstić information content (AvgIpc) is 3.92. The Bertz CT molecular complexity index is 3680. The van der Waals surface area contributed by atoms with E-state index in [0.29, 0.717) is 11.1 Å². The van der Waals surface area contributed by atoms with E-state index in [1.807, 2.05) is 36.4 Å². The highest BCUT2D eigenvalue weighted by Gasteiger charge is 2.48. The van der Waals surface area contributed by atoms with Crippen molar-refractivity contribution in [3.05, 3.63) is 341 Å². The van der Waals surface area contributed by atoms with Gasteiger partial charge in [-0.2, -0.15) is 0 Å². The summed E-state index contributed by atoms with van der Waals surface area (Å²) >= 11 is 1.79. The van der Waals surface area contributed by atoms with E-state index in [1.165, 1.54) is 75.2 Å². The lowest BCUT2D eigenvalue weighted by molar-refractivity contribution is 0.103. The van der Waals surface area contributed by atoms with Gasteiger partial charge in [0.05, 0.1) is 21.7 Å². The molecule has 0 heterocycles. The number of ketones is 1. The SMILES string of the molecule is O=C(c1ccccc1)c1ccc2c(c1)C(c1ccccc1)(c1ccccc1)c1cc(Sc3ccc([S+](c4ccccc4)c4ccc5c(c4)C(c4ccccc4)(c4ccccc4)c4ccccc4-5)cc3)ccc1-2. The molecule has 1 atom stereocenters. The standard InChI is InChI=1S/C69H47OS2/c70-67(48-21-7-1-8-22-48)49-35-42-60-61-43-38-55(46-65(61)69(64(60)45-49,52-27-13-4-14-28-52)53-29-15-5-16-30-53)71-54-36-39-57(40-37-54)72(56-31-17-6-18-32-56)58-41-44-62-59-33-19-20-34-63(59)68(66(62)47-58,50-23-9-2-10-24-50)51-25-11-3-12-26-51/h1-47H/q+1. The van der Waals surface area contributed by atoms with Crippen LogP contribution in [0.2, 0.25) is 0 Å². The molecule has 0 amide bonds. The van der Waals surface area contributed by atoms with Gasteiger partial charge in [-0.1, -0.05) is 224 Å². The third-order valence-corrected chi connectivity index (χ3v) is 18.0. The van der Waals surface area contributed by atoms with Crippen molar-refractivity contribution in [3.8, 4) is 22.3 Å². The molecule has 0 saturated carbocycles. The molecule has 13 rings (SSSR count). The molecule has 11 aromatic rings. The average molecular weight is 956 g/mol. The molecule has 3 heteroatoms. The molecule has 0 aromatic heterocycles. The first-order valence-corrected chi connectivity index (χ1v) is 26.6. The summed E-state index contributed by atoms with van der Waals surface area (Å²) in [6.45, 7) is 0. The Kier molecular flexibility index (Phi) is 11.1. The van der Waals surface area contributed by atoms with E-state index < -0.39 is 21.7 Å². The van der Waals surface area contributed by atoms with Crippen LogP contribution in [0, 0.1) is 0 Å². The van der Waals surface area contributed by atoms with Gasteiger partial charge in [-0.25, -0.2) is 0 Å². The van der Waals surface area contributed by atoms with E-state index in [2.05, 4.69) is 249 Å². The normalized spacial score (nSPS) is 13.8. The summed E-state index contributed by atoms with van der Waals surface area (Å²) in [4.78, 5) is 20.3. The maximum Gasteiger partial charge on any atom is 0.193 e. The molecular weight excluding hydrogens is 909 g/mol. The van der Waals surface area contributed by atoms with Gasteiger partial charge in [-0.05, 0) is 140 Å². The van der Waals surface area contributed by atoms with Crippen molar-refractivity contribution in [2.75, 3.05) is 0 Å². The van der Waals surface area contributed by atoms with Crippen molar-refractivity contribution in [2.24, 2.45) is 0 Å². The van der Waals surface area contributed by atoms with Crippen LogP contribution < -0.4 is 0 Å². The van der Waals surface area contributed by atoms with Crippen LogP contribution >= 0.6 is 11.8 Å². The summed E-state index contributed by atoms with van der Waals surface area (Å²) in [5.74, 6) is 0.0217. The Morgan fingerprint density at radius 2 is 0.681 bits per heavy atom. The van der Waals surface area contributed by atoms with Crippen LogP contribution in [-0.2, 0) is 21.7 Å². The largest absolute Gasteiger partial charge is 0.289 e. The third-order valence-electron chi connectivity index (χ3n) is 14.8. The smallest absolute Gasteiger partial charge is 0.193 e. The van der Waals surface area contributed by atoms with Crippen LogP contribution in [0.3, 0.4) is 0 Å². The quantitative estimate of drug-likeness (QED) is 0.0949. The van der Waals surface area contributed by atoms with Crippen molar-refractivity contribution >= 4 is 28.4 Å². The van der Waals surface area contributed by atoms with E-state index in [4.69, 9.17) is 0 Å². The van der Waals surface area contributed by atoms with Crippen molar-refractivity contribution in [1.82, 2.24) is 0 Å². The Labute approximate surface area is 428 Å². The van der Waals surface area contributed by atoms with Gasteiger partial charge in [0, 0.05) is 20.9 Å². The number of benzene rings is 11. The highest BCUT2D eigenvalue weighted by Crippen LogP contribution is 2.59. The van der Waals surface area contributed by atoms with Gasteiger partial charge in [-0.3, -0.25) is 4.79 Å². The first-order valence-electron chi connectivity index (χ1n) is 24.6. The van der Waals surface area contributed by atoms with Gasteiger partial charge in [0.1, 0.15) is 0 Å². The maximum absolute atomic E-state index is 14.1. The zero-order valence-corrected chi connectivity index (χ0v) is 41.0. The highest BCUT2D eigenvalue weighted by molar-refractivity contribution is 7.99. The Hall–Kier alpha value is -8.21. The molecule has 0 spiro atoms. The molecular formula is C69H47OS2+. The maximum atomic E-state index is 14.1. The first-order chi connectivity index (χ1) is 35.6. The Balaban J connectivity index is 0.904. The van der Waals surface area contributed by atoms with Gasteiger partial charge >= 0.3 is 0 Å². The minimum Gasteiger partial charge on any atom is -0.289 e. The molecule has 0 bridgehead atoms. The fourth-order valence-electron chi connectivity index (χ4n) is 11.7. The van der Waals surface area contributed by atoms with Gasteiger partial charge < -0.3 is 0 Å². The zero-order valence-electron chi connectivity index (χ0n) is 39.4. The lowest BCUT2D eigenvalue weighted by atomic mass is 9.67. The van der Waals surface area contributed by atoms with Gasteiger partial charge in [-0.15, -0.1) is 0 Å². The lowest BCUT2D eigenvalue weighted by Crippen LogP contribution is -2.28. The second kappa shape index (κ2) is 18.2. The van der Waals surface area contributed by atoms with Crippen LogP contribution in [0.4, 0.5) is 0 Å². The van der Waals surface area contributed by atoms with Crippen molar-refractivity contribution in [3.63, 3.8) is 0 Å². The van der Waals surface area contributed by atoms with Crippen LogP contribution in [0.1, 0.15) is 60.4 Å². The van der Waals surface area contributed by atoms with E-state index in [-0.39, 0.29) is 5.78 Å². The molecule has 1 nitrogen and oxygen atoms in total. The monoisotopic (exact) mass is 955 g/mol. The van der Waals surface area contributed by atoms with Crippen LogP contribution in [0.5, 0.6) is 0 Å². The minimum atomic E-state index is -0.652. The van der Waals surface area contributed by atoms with Crippen LogP contribution in [0.15, 0.2) is 310 Å². The summed E-state index contributed by atoms with van der Waals surface area (Å²) in [5.41, 5.74) is 15.0. The molecule has 340 valence electrons. The van der Waals surface area contributed by atoms with Gasteiger partial charge in [0.25, 0.3) is 0 Å². The second-order valence-corrected chi connectivity index (χ2v) is 21.7. The number of rotatable bonds is 11. The molecule has 2 aliphatic carbocycles. The lowest BCUT2D eigenvalue weighted by Gasteiger charge is -2.34. The molecule has 72 heavy (non-hydrogen) atoms. The molecule has 0 saturated heterocycles. The summed E-state index contributed by atoms with van der Waals surface area (Å²) < 4.78 is 0. The number of hydrogen-bond acceptors (Lipinski definition) is 2. The highest BCUT2D eigenvalue weighted by atomic mass is 32.2. The summed E-state index contributed by atoms with van der Waals surface area (Å²) in [6.07, 6.45) is 0. The van der Waals surface area contributed by atoms with Gasteiger partial charge in [0.2, 0.25) is 0 Å². The van der Waals surface area contributed by atoms with E-state index in [0.717, 1.165) is 16.0 Å². The minimum absolute atomic E-state index is 0.0217. The number of carbonyl (C=O) groups is 1. The first kappa shape index (κ1) is 43.8. The molecule has 0 aliphatic heterocycles. The van der Waals surface area contributed by atoms with Gasteiger partial charge in [0.15, 0.2) is 20.5 Å². The van der Waals surface area contributed by atoms with Crippen molar-refractivity contribution in [1.29, 1.82) is 0 Å². The number of hydrogen-bond donors (Lipinski definition) is 0.